The molecular weight excluding hydrogens is 239 g/mol. The first-order chi connectivity index (χ1) is 7.17. The van der Waals surface area contributed by atoms with Crippen LogP contribution in [0.5, 0.6) is 0 Å². The van der Waals surface area contributed by atoms with Crippen LogP contribution >= 0.6 is 23.2 Å². The van der Waals surface area contributed by atoms with Gasteiger partial charge < -0.3 is 14.8 Å². The highest BCUT2D eigenvalue weighted by molar-refractivity contribution is 6.41. The van der Waals surface area contributed by atoms with Gasteiger partial charge in [-0.2, -0.15) is 0 Å². The minimum absolute atomic E-state index is 0.289. The Bertz CT molecular complexity index is 319. The number of halogens is 2. The molecule has 1 N–H and O–H groups in total. The van der Waals surface area contributed by atoms with E-state index in [1.807, 2.05) is 0 Å². The Kier molecular flexibility index (Phi) is 5.11. The van der Waals surface area contributed by atoms with Gasteiger partial charge in [0.05, 0.1) is 23.5 Å². The number of nitrogens with one attached hydrogen (secondary N) is 1. The van der Waals surface area contributed by atoms with Crippen molar-refractivity contribution in [3.63, 3.8) is 0 Å². The molecular formula is C9H12Cl2N2O2. The molecule has 0 saturated carbocycles. The van der Waals surface area contributed by atoms with Crippen LogP contribution in [0.4, 0.5) is 5.69 Å². The van der Waals surface area contributed by atoms with E-state index in [0.717, 1.165) is 5.69 Å². The number of anilines is 1. The summed E-state index contributed by atoms with van der Waals surface area (Å²) in [5, 5.41) is 3.76. The molecule has 0 aliphatic carbocycles. The number of methoxy groups -OCH3 is 2. The summed E-state index contributed by atoms with van der Waals surface area (Å²) in [4.78, 5) is 3.90. The summed E-state index contributed by atoms with van der Waals surface area (Å²) >= 11 is 11.5. The van der Waals surface area contributed by atoms with Gasteiger partial charge in [0.25, 0.3) is 0 Å². The van der Waals surface area contributed by atoms with Crippen LogP contribution in [0, 0.1) is 0 Å². The van der Waals surface area contributed by atoms with Crippen LogP contribution in [0.1, 0.15) is 0 Å². The summed E-state index contributed by atoms with van der Waals surface area (Å²) in [6.07, 6.45) is 1.29. The molecule has 0 aromatic carbocycles. The summed E-state index contributed by atoms with van der Waals surface area (Å²) in [6, 6.07) is 1.69. The first-order valence-corrected chi connectivity index (χ1v) is 5.03. The molecule has 1 rings (SSSR count). The van der Waals surface area contributed by atoms with Crippen molar-refractivity contribution >= 4 is 28.9 Å². The first kappa shape index (κ1) is 12.5. The van der Waals surface area contributed by atoms with Crippen molar-refractivity contribution in [1.82, 2.24) is 4.98 Å². The van der Waals surface area contributed by atoms with Crippen molar-refractivity contribution in [3.8, 4) is 0 Å². The van der Waals surface area contributed by atoms with Gasteiger partial charge in [-0.15, -0.1) is 0 Å². The lowest BCUT2D eigenvalue weighted by atomic mass is 10.4. The predicted molar refractivity (Wildman–Crippen MR) is 60.6 cm³/mol. The van der Waals surface area contributed by atoms with Crippen LogP contribution in [-0.2, 0) is 9.47 Å². The van der Waals surface area contributed by atoms with E-state index in [1.165, 1.54) is 0 Å². The molecule has 6 heteroatoms. The molecule has 0 aliphatic heterocycles. The third-order valence-corrected chi connectivity index (χ3v) is 2.48. The molecule has 84 valence electrons. The zero-order valence-electron chi connectivity index (χ0n) is 8.46. The maximum Gasteiger partial charge on any atom is 0.173 e. The Morgan fingerprint density at radius 2 is 2.07 bits per heavy atom. The molecule has 0 fully saturated rings. The molecule has 1 aromatic heterocycles. The topological polar surface area (TPSA) is 43.4 Å². The average Bonchev–Trinajstić information content (AvgIpc) is 2.24. The Balaban J connectivity index is 2.54. The molecule has 1 heterocycles. The monoisotopic (exact) mass is 250 g/mol. The molecule has 1 aromatic rings. The van der Waals surface area contributed by atoms with E-state index in [1.54, 1.807) is 26.5 Å². The fraction of sp³-hybridized carbons (Fsp3) is 0.444. The number of aromatic nitrogens is 1. The summed E-state index contributed by atoms with van der Waals surface area (Å²) in [5.41, 5.74) is 0.767. The second-order valence-corrected chi connectivity index (χ2v) is 3.54. The van der Waals surface area contributed by atoms with Gasteiger partial charge in [0.2, 0.25) is 0 Å². The molecule has 15 heavy (non-hydrogen) atoms. The SMILES string of the molecule is COC(CNc1cnc(Cl)c(Cl)c1)OC. The van der Waals surface area contributed by atoms with Crippen molar-refractivity contribution in [2.45, 2.75) is 6.29 Å². The average molecular weight is 251 g/mol. The smallest absolute Gasteiger partial charge is 0.173 e. The van der Waals surface area contributed by atoms with Crippen molar-refractivity contribution in [2.75, 3.05) is 26.1 Å². The van der Waals surface area contributed by atoms with E-state index >= 15 is 0 Å². The maximum absolute atomic E-state index is 5.80. The standard InChI is InChI=1S/C9H12Cl2N2O2/c1-14-8(15-2)5-12-6-3-7(10)9(11)13-4-6/h3-4,8,12H,5H2,1-2H3. The van der Waals surface area contributed by atoms with Gasteiger partial charge in [-0.1, -0.05) is 23.2 Å². The molecule has 0 spiro atoms. The van der Waals surface area contributed by atoms with E-state index in [4.69, 9.17) is 32.7 Å². The largest absolute Gasteiger partial charge is 0.379 e. The molecule has 0 atom stereocenters. The van der Waals surface area contributed by atoms with Crippen molar-refractivity contribution < 1.29 is 9.47 Å². The van der Waals surface area contributed by atoms with Gasteiger partial charge in [-0.3, -0.25) is 0 Å². The first-order valence-electron chi connectivity index (χ1n) is 4.28. The highest BCUT2D eigenvalue weighted by Crippen LogP contribution is 2.22. The van der Waals surface area contributed by atoms with Crippen LogP contribution in [0.3, 0.4) is 0 Å². The van der Waals surface area contributed by atoms with Gasteiger partial charge in [-0.05, 0) is 6.07 Å². The zero-order valence-corrected chi connectivity index (χ0v) is 9.97. The molecule has 0 saturated heterocycles. The highest BCUT2D eigenvalue weighted by atomic mass is 35.5. The summed E-state index contributed by atoms with van der Waals surface area (Å²) in [6.45, 7) is 0.507. The van der Waals surface area contributed by atoms with Gasteiger partial charge >= 0.3 is 0 Å². The molecule has 4 nitrogen and oxygen atoms in total. The number of pyridine rings is 1. The summed E-state index contributed by atoms with van der Waals surface area (Å²) in [7, 11) is 3.14. The molecule has 0 bridgehead atoms. The fourth-order valence-corrected chi connectivity index (χ4v) is 1.25. The Labute approximate surface area is 98.5 Å². The Morgan fingerprint density at radius 1 is 1.40 bits per heavy atom. The minimum Gasteiger partial charge on any atom is -0.379 e. The van der Waals surface area contributed by atoms with E-state index in [-0.39, 0.29) is 11.4 Å². The zero-order chi connectivity index (χ0) is 11.3. The molecule has 0 amide bonds. The highest BCUT2D eigenvalue weighted by Gasteiger charge is 2.05. The van der Waals surface area contributed by atoms with Crippen LogP contribution in [0.15, 0.2) is 12.3 Å². The Hall–Kier alpha value is -0.550. The van der Waals surface area contributed by atoms with E-state index in [9.17, 15) is 0 Å². The quantitative estimate of drug-likeness (QED) is 0.644. The number of hydrogen-bond acceptors (Lipinski definition) is 4. The lowest BCUT2D eigenvalue weighted by Gasteiger charge is -2.14. The predicted octanol–water partition coefficient (Wildman–Crippen LogP) is 2.42. The number of rotatable bonds is 5. The number of ether oxygens (including phenoxy) is 2. The minimum atomic E-state index is -0.306. The Morgan fingerprint density at radius 3 is 2.60 bits per heavy atom. The van der Waals surface area contributed by atoms with E-state index in [0.29, 0.717) is 11.6 Å². The number of nitrogens with zero attached hydrogens (tertiary/aromatic N) is 1. The fourth-order valence-electron chi connectivity index (χ4n) is 0.982. The van der Waals surface area contributed by atoms with Crippen molar-refractivity contribution in [2.24, 2.45) is 0 Å². The van der Waals surface area contributed by atoms with Crippen molar-refractivity contribution in [3.05, 3.63) is 22.4 Å². The van der Waals surface area contributed by atoms with Gasteiger partial charge in [0.1, 0.15) is 5.15 Å². The summed E-state index contributed by atoms with van der Waals surface area (Å²) in [5.74, 6) is 0. The van der Waals surface area contributed by atoms with E-state index < -0.39 is 0 Å². The maximum atomic E-state index is 5.80. The lowest BCUT2D eigenvalue weighted by molar-refractivity contribution is -0.0914. The van der Waals surface area contributed by atoms with Gasteiger partial charge in [0, 0.05) is 14.2 Å². The van der Waals surface area contributed by atoms with Crippen molar-refractivity contribution in [1.29, 1.82) is 0 Å². The molecule has 0 radical (unpaired) electrons. The number of hydrogen-bond donors (Lipinski definition) is 1. The van der Waals surface area contributed by atoms with Crippen LogP contribution in [0.25, 0.3) is 0 Å². The normalized spacial score (nSPS) is 10.7. The molecule has 0 aliphatic rings. The summed E-state index contributed by atoms with van der Waals surface area (Å²) < 4.78 is 10.0. The third-order valence-electron chi connectivity index (χ3n) is 1.79. The van der Waals surface area contributed by atoms with Crippen LogP contribution in [-0.4, -0.2) is 32.0 Å². The second kappa shape index (κ2) is 6.12. The second-order valence-electron chi connectivity index (χ2n) is 2.78. The molecule has 0 unspecified atom stereocenters. The van der Waals surface area contributed by atoms with Crippen LogP contribution < -0.4 is 5.32 Å². The van der Waals surface area contributed by atoms with Gasteiger partial charge in [-0.25, -0.2) is 4.98 Å². The van der Waals surface area contributed by atoms with Crippen LogP contribution in [0.2, 0.25) is 10.2 Å². The lowest BCUT2D eigenvalue weighted by Crippen LogP contribution is -2.23. The van der Waals surface area contributed by atoms with E-state index in [2.05, 4.69) is 10.3 Å². The van der Waals surface area contributed by atoms with Gasteiger partial charge in [0.15, 0.2) is 6.29 Å². The third kappa shape index (κ3) is 3.83.